The van der Waals surface area contributed by atoms with Crippen LogP contribution in [0, 0.1) is 0 Å². The standard InChI is InChI=1S/C10H16ClN3S/c1-10(2,3)15-6-8-7(11)4-5-9(13-8)14-12/h4-5H,6,12H2,1-3H3,(H,13,14). The largest absolute Gasteiger partial charge is 0.308 e. The Morgan fingerprint density at radius 2 is 2.13 bits per heavy atom. The molecule has 5 heteroatoms. The molecule has 15 heavy (non-hydrogen) atoms. The summed E-state index contributed by atoms with van der Waals surface area (Å²) in [5.74, 6) is 6.72. The van der Waals surface area contributed by atoms with Gasteiger partial charge in [0.25, 0.3) is 0 Å². The predicted octanol–water partition coefficient (Wildman–Crippen LogP) is 3.05. The van der Waals surface area contributed by atoms with Crippen molar-refractivity contribution in [2.45, 2.75) is 31.3 Å². The summed E-state index contributed by atoms with van der Waals surface area (Å²) >= 11 is 7.84. The number of thioether (sulfide) groups is 1. The van der Waals surface area contributed by atoms with Gasteiger partial charge in [0.15, 0.2) is 0 Å². The third-order valence-corrected chi connectivity index (χ3v) is 3.34. The van der Waals surface area contributed by atoms with Gasteiger partial charge in [0.2, 0.25) is 0 Å². The fourth-order valence-corrected chi connectivity index (χ4v) is 1.99. The molecule has 0 unspecified atom stereocenters. The molecule has 0 saturated carbocycles. The van der Waals surface area contributed by atoms with Crippen LogP contribution in [0.4, 0.5) is 5.82 Å². The number of hydrogen-bond donors (Lipinski definition) is 2. The second-order valence-corrected chi connectivity index (χ2v) is 6.38. The van der Waals surface area contributed by atoms with Gasteiger partial charge in [-0.15, -0.1) is 11.8 Å². The van der Waals surface area contributed by atoms with Crippen LogP contribution in [-0.2, 0) is 5.75 Å². The molecule has 1 aromatic heterocycles. The van der Waals surface area contributed by atoms with Crippen molar-refractivity contribution in [2.24, 2.45) is 5.84 Å². The summed E-state index contributed by atoms with van der Waals surface area (Å²) in [5.41, 5.74) is 3.38. The van der Waals surface area contributed by atoms with Crippen LogP contribution < -0.4 is 11.3 Å². The van der Waals surface area contributed by atoms with Crippen LogP contribution in [0.1, 0.15) is 26.5 Å². The molecule has 0 aliphatic heterocycles. The summed E-state index contributed by atoms with van der Waals surface area (Å²) < 4.78 is 0.206. The van der Waals surface area contributed by atoms with E-state index in [1.807, 2.05) is 6.07 Å². The van der Waals surface area contributed by atoms with Crippen molar-refractivity contribution in [3.05, 3.63) is 22.8 Å². The van der Waals surface area contributed by atoms with Crippen LogP contribution in [-0.4, -0.2) is 9.73 Å². The zero-order chi connectivity index (χ0) is 11.5. The molecule has 0 aliphatic carbocycles. The number of nitrogen functional groups attached to an aromatic ring is 1. The molecule has 3 N–H and O–H groups in total. The van der Waals surface area contributed by atoms with E-state index in [2.05, 4.69) is 31.2 Å². The average Bonchev–Trinajstić information content (AvgIpc) is 2.15. The van der Waals surface area contributed by atoms with Gasteiger partial charge in [-0.25, -0.2) is 10.8 Å². The molecular weight excluding hydrogens is 230 g/mol. The summed E-state index contributed by atoms with van der Waals surface area (Å²) in [5, 5.41) is 0.686. The molecule has 0 radical (unpaired) electrons. The maximum absolute atomic E-state index is 6.04. The second kappa shape index (κ2) is 5.05. The zero-order valence-electron chi connectivity index (χ0n) is 9.17. The Labute approximate surface area is 99.8 Å². The van der Waals surface area contributed by atoms with Gasteiger partial charge in [0.1, 0.15) is 5.82 Å². The van der Waals surface area contributed by atoms with Crippen LogP contribution in [0.15, 0.2) is 12.1 Å². The Morgan fingerprint density at radius 1 is 1.47 bits per heavy atom. The Balaban J connectivity index is 2.75. The smallest absolute Gasteiger partial charge is 0.140 e. The van der Waals surface area contributed by atoms with E-state index in [0.29, 0.717) is 10.8 Å². The zero-order valence-corrected chi connectivity index (χ0v) is 10.7. The van der Waals surface area contributed by atoms with Crippen LogP contribution in [0.3, 0.4) is 0 Å². The molecule has 0 spiro atoms. The Hall–Kier alpha value is -0.450. The predicted molar refractivity (Wildman–Crippen MR) is 68.1 cm³/mol. The average molecular weight is 246 g/mol. The summed E-state index contributed by atoms with van der Waals surface area (Å²) in [6, 6.07) is 3.57. The van der Waals surface area contributed by atoms with E-state index in [4.69, 9.17) is 17.4 Å². The van der Waals surface area contributed by atoms with E-state index in [0.717, 1.165) is 11.4 Å². The van der Waals surface area contributed by atoms with E-state index in [1.54, 1.807) is 17.8 Å². The van der Waals surface area contributed by atoms with E-state index in [-0.39, 0.29) is 4.75 Å². The first-order valence-electron chi connectivity index (χ1n) is 4.68. The molecule has 0 aromatic carbocycles. The van der Waals surface area contributed by atoms with Gasteiger partial charge >= 0.3 is 0 Å². The minimum atomic E-state index is 0.206. The van der Waals surface area contributed by atoms with Gasteiger partial charge < -0.3 is 5.43 Å². The first-order valence-corrected chi connectivity index (χ1v) is 6.05. The fourth-order valence-electron chi connectivity index (χ4n) is 0.951. The third-order valence-electron chi connectivity index (χ3n) is 1.71. The first kappa shape index (κ1) is 12.6. The quantitative estimate of drug-likeness (QED) is 0.635. The van der Waals surface area contributed by atoms with Gasteiger partial charge in [-0.1, -0.05) is 32.4 Å². The number of nitrogens with zero attached hydrogens (tertiary/aromatic N) is 1. The molecule has 0 aliphatic rings. The molecule has 0 atom stereocenters. The van der Waals surface area contributed by atoms with E-state index in [9.17, 15) is 0 Å². The van der Waals surface area contributed by atoms with Gasteiger partial charge in [-0.05, 0) is 12.1 Å². The van der Waals surface area contributed by atoms with Crippen LogP contribution >= 0.6 is 23.4 Å². The highest BCUT2D eigenvalue weighted by Gasteiger charge is 2.13. The lowest BCUT2D eigenvalue weighted by atomic mass is 10.3. The van der Waals surface area contributed by atoms with Gasteiger partial charge in [-0.3, -0.25) is 0 Å². The maximum Gasteiger partial charge on any atom is 0.140 e. The van der Waals surface area contributed by atoms with Crippen LogP contribution in [0.2, 0.25) is 5.02 Å². The van der Waals surface area contributed by atoms with Crippen LogP contribution in [0.25, 0.3) is 0 Å². The number of pyridine rings is 1. The maximum atomic E-state index is 6.04. The van der Waals surface area contributed by atoms with Crippen molar-refractivity contribution >= 4 is 29.2 Å². The Kier molecular flexibility index (Phi) is 4.25. The minimum Gasteiger partial charge on any atom is -0.308 e. The molecule has 0 saturated heterocycles. The number of halogens is 1. The molecule has 1 rings (SSSR count). The molecule has 1 aromatic rings. The summed E-state index contributed by atoms with van der Waals surface area (Å²) in [7, 11) is 0. The molecular formula is C10H16ClN3S. The number of hydrogen-bond acceptors (Lipinski definition) is 4. The van der Waals surface area contributed by atoms with E-state index < -0.39 is 0 Å². The lowest BCUT2D eigenvalue weighted by Crippen LogP contribution is -2.11. The molecule has 0 amide bonds. The third kappa shape index (κ3) is 4.28. The number of aromatic nitrogens is 1. The monoisotopic (exact) mass is 245 g/mol. The van der Waals surface area contributed by atoms with E-state index >= 15 is 0 Å². The minimum absolute atomic E-state index is 0.206. The van der Waals surface area contributed by atoms with Crippen molar-refractivity contribution in [3.63, 3.8) is 0 Å². The molecule has 0 bridgehead atoms. The second-order valence-electron chi connectivity index (χ2n) is 4.17. The van der Waals surface area contributed by atoms with Gasteiger partial charge in [-0.2, -0.15) is 0 Å². The van der Waals surface area contributed by atoms with E-state index in [1.165, 1.54) is 0 Å². The normalized spacial score (nSPS) is 11.5. The SMILES string of the molecule is CC(C)(C)SCc1nc(NN)ccc1Cl. The Bertz CT molecular complexity index is 336. The van der Waals surface area contributed by atoms with Gasteiger partial charge in [0, 0.05) is 10.5 Å². The van der Waals surface area contributed by atoms with Crippen molar-refractivity contribution in [1.82, 2.24) is 4.98 Å². The topological polar surface area (TPSA) is 50.9 Å². The summed E-state index contributed by atoms with van der Waals surface area (Å²) in [6.07, 6.45) is 0. The summed E-state index contributed by atoms with van der Waals surface area (Å²) in [6.45, 7) is 6.49. The van der Waals surface area contributed by atoms with Crippen molar-refractivity contribution in [1.29, 1.82) is 0 Å². The highest BCUT2D eigenvalue weighted by atomic mass is 35.5. The van der Waals surface area contributed by atoms with Crippen LogP contribution in [0.5, 0.6) is 0 Å². The molecule has 1 heterocycles. The van der Waals surface area contributed by atoms with Gasteiger partial charge in [0.05, 0.1) is 10.7 Å². The number of anilines is 1. The Morgan fingerprint density at radius 3 is 2.67 bits per heavy atom. The van der Waals surface area contributed by atoms with Crippen molar-refractivity contribution < 1.29 is 0 Å². The van der Waals surface area contributed by atoms with Crippen molar-refractivity contribution in [2.75, 3.05) is 5.43 Å². The highest BCUT2D eigenvalue weighted by molar-refractivity contribution is 7.99. The molecule has 84 valence electrons. The molecule has 0 fully saturated rings. The highest BCUT2D eigenvalue weighted by Crippen LogP contribution is 2.29. The fraction of sp³-hybridized carbons (Fsp3) is 0.500. The number of nitrogens with one attached hydrogen (secondary N) is 1. The summed E-state index contributed by atoms with van der Waals surface area (Å²) in [4.78, 5) is 4.30. The number of nitrogens with two attached hydrogens (primary N) is 1. The lowest BCUT2D eigenvalue weighted by Gasteiger charge is -2.17. The van der Waals surface area contributed by atoms with Crippen molar-refractivity contribution in [3.8, 4) is 0 Å². The number of rotatable bonds is 3. The molecule has 3 nitrogen and oxygen atoms in total. The number of hydrazine groups is 1. The lowest BCUT2D eigenvalue weighted by molar-refractivity contribution is 0.801. The first-order chi connectivity index (χ1) is 6.92.